The van der Waals surface area contributed by atoms with Gasteiger partial charge >= 0.3 is 6.03 Å². The topological polar surface area (TPSA) is 61.4 Å². The van der Waals surface area contributed by atoms with Gasteiger partial charge in [-0.05, 0) is 37.7 Å². The third-order valence-corrected chi connectivity index (χ3v) is 4.80. The molecule has 0 spiro atoms. The second-order valence-corrected chi connectivity index (χ2v) is 7.50. The molecule has 0 bridgehead atoms. The summed E-state index contributed by atoms with van der Waals surface area (Å²) in [6, 6.07) is 8.30. The number of carbonyl (C=O) groups is 1. The second kappa shape index (κ2) is 7.82. The maximum atomic E-state index is 12.0. The molecule has 4 heteroatoms. The van der Waals surface area contributed by atoms with Crippen LogP contribution in [0.15, 0.2) is 24.3 Å². The molecule has 23 heavy (non-hydrogen) atoms. The summed E-state index contributed by atoms with van der Waals surface area (Å²) in [4.78, 5) is 12.0. The molecular weight excluding hydrogens is 288 g/mol. The Morgan fingerprint density at radius 3 is 2.78 bits per heavy atom. The SMILES string of the molecule is Cc1cccc(C(C)(C)CNC(=O)NCC2CCCC(O)C2)c1. The van der Waals surface area contributed by atoms with Crippen LogP contribution in [-0.2, 0) is 5.41 Å². The van der Waals surface area contributed by atoms with Crippen LogP contribution >= 0.6 is 0 Å². The molecule has 0 heterocycles. The van der Waals surface area contributed by atoms with Crippen LogP contribution in [0.3, 0.4) is 0 Å². The third-order valence-electron chi connectivity index (χ3n) is 4.80. The summed E-state index contributed by atoms with van der Waals surface area (Å²) in [6.45, 7) is 7.60. The first-order valence-corrected chi connectivity index (χ1v) is 8.64. The lowest BCUT2D eigenvalue weighted by Crippen LogP contribution is -2.44. The summed E-state index contributed by atoms with van der Waals surface area (Å²) in [5.74, 6) is 0.397. The molecule has 1 saturated carbocycles. The largest absolute Gasteiger partial charge is 0.393 e. The predicted molar refractivity (Wildman–Crippen MR) is 93.6 cm³/mol. The number of nitrogens with one attached hydrogen (secondary N) is 2. The standard InChI is InChI=1S/C19H30N2O2/c1-14-6-4-8-16(10-14)19(2,3)13-21-18(23)20-12-15-7-5-9-17(22)11-15/h4,6,8,10,15,17,22H,5,7,9,11-13H2,1-3H3,(H2,20,21,23). The third kappa shape index (κ3) is 5.54. The zero-order valence-corrected chi connectivity index (χ0v) is 14.6. The first kappa shape index (κ1) is 17.8. The van der Waals surface area contributed by atoms with Gasteiger partial charge in [-0.2, -0.15) is 0 Å². The highest BCUT2D eigenvalue weighted by atomic mass is 16.3. The van der Waals surface area contributed by atoms with Gasteiger partial charge in [-0.1, -0.05) is 50.1 Å². The van der Waals surface area contributed by atoms with Gasteiger partial charge in [0, 0.05) is 18.5 Å². The van der Waals surface area contributed by atoms with Crippen molar-refractivity contribution in [1.29, 1.82) is 0 Å². The summed E-state index contributed by atoms with van der Waals surface area (Å²) in [5, 5.41) is 15.6. The Bertz CT molecular complexity index is 528. The first-order chi connectivity index (χ1) is 10.9. The molecule has 0 aromatic heterocycles. The quantitative estimate of drug-likeness (QED) is 0.781. The molecular formula is C19H30N2O2. The molecule has 1 aliphatic carbocycles. The lowest BCUT2D eigenvalue weighted by Gasteiger charge is -2.28. The van der Waals surface area contributed by atoms with Crippen LogP contribution < -0.4 is 10.6 Å². The first-order valence-electron chi connectivity index (χ1n) is 8.64. The van der Waals surface area contributed by atoms with Gasteiger partial charge in [0.25, 0.3) is 0 Å². The molecule has 3 N–H and O–H groups in total. The summed E-state index contributed by atoms with van der Waals surface area (Å²) < 4.78 is 0. The molecule has 0 aliphatic heterocycles. The van der Waals surface area contributed by atoms with Crippen LogP contribution in [0.4, 0.5) is 4.79 Å². The Morgan fingerprint density at radius 1 is 1.30 bits per heavy atom. The van der Waals surface area contributed by atoms with Crippen LogP contribution in [0.2, 0.25) is 0 Å². The summed E-state index contributed by atoms with van der Waals surface area (Å²) in [5.41, 5.74) is 2.36. The molecule has 1 aromatic rings. The smallest absolute Gasteiger partial charge is 0.314 e. The van der Waals surface area contributed by atoms with Gasteiger partial charge in [-0.15, -0.1) is 0 Å². The molecule has 4 nitrogen and oxygen atoms in total. The Labute approximate surface area is 139 Å². The molecule has 0 saturated heterocycles. The molecule has 1 aliphatic rings. The minimum absolute atomic E-state index is 0.107. The number of rotatable bonds is 5. The van der Waals surface area contributed by atoms with Gasteiger partial charge in [0.05, 0.1) is 6.10 Å². The fourth-order valence-corrected chi connectivity index (χ4v) is 3.22. The van der Waals surface area contributed by atoms with E-state index in [-0.39, 0.29) is 17.6 Å². The molecule has 1 aromatic carbocycles. The predicted octanol–water partition coefficient (Wildman–Crippen LogP) is 3.12. The number of hydrogen-bond acceptors (Lipinski definition) is 2. The number of aliphatic hydroxyl groups is 1. The highest BCUT2D eigenvalue weighted by molar-refractivity contribution is 5.73. The zero-order valence-electron chi connectivity index (χ0n) is 14.6. The van der Waals surface area contributed by atoms with Crippen molar-refractivity contribution in [2.24, 2.45) is 5.92 Å². The molecule has 2 atom stereocenters. The summed E-state index contributed by atoms with van der Waals surface area (Å²) >= 11 is 0. The number of hydrogen-bond donors (Lipinski definition) is 3. The number of urea groups is 1. The van der Waals surface area contributed by atoms with Crippen LogP contribution in [0.25, 0.3) is 0 Å². The van der Waals surface area contributed by atoms with Gasteiger partial charge in [0.1, 0.15) is 0 Å². The summed E-state index contributed by atoms with van der Waals surface area (Å²) in [7, 11) is 0. The molecule has 0 radical (unpaired) electrons. The number of carbonyl (C=O) groups excluding carboxylic acids is 1. The van der Waals surface area contributed by atoms with E-state index in [4.69, 9.17) is 0 Å². The molecule has 2 rings (SSSR count). The van der Waals surface area contributed by atoms with Gasteiger partial charge in [-0.3, -0.25) is 0 Å². The van der Waals surface area contributed by atoms with Crippen molar-refractivity contribution in [2.75, 3.05) is 13.1 Å². The van der Waals surface area contributed by atoms with E-state index < -0.39 is 0 Å². The average molecular weight is 318 g/mol. The van der Waals surface area contributed by atoms with Crippen molar-refractivity contribution in [2.45, 2.75) is 58.0 Å². The van der Waals surface area contributed by atoms with Gasteiger partial charge in [-0.25, -0.2) is 4.79 Å². The molecule has 2 unspecified atom stereocenters. The van der Waals surface area contributed by atoms with Crippen LogP contribution in [0.1, 0.15) is 50.7 Å². The van der Waals surface area contributed by atoms with Crippen molar-refractivity contribution < 1.29 is 9.90 Å². The molecule has 1 fully saturated rings. The number of aryl methyl sites for hydroxylation is 1. The number of benzene rings is 1. The number of aliphatic hydroxyl groups excluding tert-OH is 1. The Hall–Kier alpha value is -1.55. The van der Waals surface area contributed by atoms with E-state index in [9.17, 15) is 9.90 Å². The van der Waals surface area contributed by atoms with Crippen molar-refractivity contribution in [3.05, 3.63) is 35.4 Å². The lowest BCUT2D eigenvalue weighted by atomic mass is 9.84. The molecule has 2 amide bonds. The van der Waals surface area contributed by atoms with Crippen molar-refractivity contribution in [3.8, 4) is 0 Å². The Morgan fingerprint density at radius 2 is 2.09 bits per heavy atom. The maximum absolute atomic E-state index is 12.0. The van der Waals surface area contributed by atoms with Gasteiger partial charge < -0.3 is 15.7 Å². The van der Waals surface area contributed by atoms with E-state index >= 15 is 0 Å². The van der Waals surface area contributed by atoms with E-state index in [2.05, 4.69) is 55.7 Å². The minimum Gasteiger partial charge on any atom is -0.393 e. The van der Waals surface area contributed by atoms with E-state index in [1.165, 1.54) is 11.1 Å². The summed E-state index contributed by atoms with van der Waals surface area (Å²) in [6.07, 6.45) is 3.64. The highest BCUT2D eigenvalue weighted by Crippen LogP contribution is 2.24. The molecule has 128 valence electrons. The van der Waals surface area contributed by atoms with Crippen LogP contribution in [0.5, 0.6) is 0 Å². The fourth-order valence-electron chi connectivity index (χ4n) is 3.22. The minimum atomic E-state index is -0.195. The zero-order chi connectivity index (χ0) is 16.9. The van der Waals surface area contributed by atoms with E-state index in [1.807, 2.05) is 0 Å². The monoisotopic (exact) mass is 318 g/mol. The number of amides is 2. The second-order valence-electron chi connectivity index (χ2n) is 7.50. The van der Waals surface area contributed by atoms with E-state index in [0.29, 0.717) is 19.0 Å². The highest BCUT2D eigenvalue weighted by Gasteiger charge is 2.23. The van der Waals surface area contributed by atoms with E-state index in [0.717, 1.165) is 25.7 Å². The average Bonchev–Trinajstić information content (AvgIpc) is 2.51. The van der Waals surface area contributed by atoms with Crippen molar-refractivity contribution in [3.63, 3.8) is 0 Å². The van der Waals surface area contributed by atoms with Crippen LogP contribution in [0, 0.1) is 12.8 Å². The van der Waals surface area contributed by atoms with Crippen LogP contribution in [-0.4, -0.2) is 30.3 Å². The van der Waals surface area contributed by atoms with Crippen molar-refractivity contribution in [1.82, 2.24) is 10.6 Å². The fraction of sp³-hybridized carbons (Fsp3) is 0.632. The van der Waals surface area contributed by atoms with Gasteiger partial charge in [0.15, 0.2) is 0 Å². The normalized spacial score (nSPS) is 21.7. The maximum Gasteiger partial charge on any atom is 0.314 e. The van der Waals surface area contributed by atoms with Crippen molar-refractivity contribution >= 4 is 6.03 Å². The Kier molecular flexibility index (Phi) is 6.05. The lowest BCUT2D eigenvalue weighted by molar-refractivity contribution is 0.101. The Balaban J connectivity index is 1.77. The van der Waals surface area contributed by atoms with E-state index in [1.54, 1.807) is 0 Å². The van der Waals surface area contributed by atoms with Gasteiger partial charge in [0.2, 0.25) is 0 Å².